The molecule has 2 fully saturated rings. The number of amides is 1. The topological polar surface area (TPSA) is 105 Å². The summed E-state index contributed by atoms with van der Waals surface area (Å²) in [5.74, 6) is 0.616. The molecule has 0 atom stereocenters. The van der Waals surface area contributed by atoms with Gasteiger partial charge in [-0.25, -0.2) is 14.4 Å². The van der Waals surface area contributed by atoms with E-state index in [1.165, 1.54) is 23.5 Å². The number of rotatable bonds is 7. The number of halogens is 1. The Balaban J connectivity index is 1.27. The molecule has 1 aromatic carbocycles. The summed E-state index contributed by atoms with van der Waals surface area (Å²) in [5.41, 5.74) is 5.16. The fourth-order valence-electron chi connectivity index (χ4n) is 5.77. The average molecular weight is 589 g/mol. The summed E-state index contributed by atoms with van der Waals surface area (Å²) in [6.07, 6.45) is 0.395. The number of β-amino-alcohol motifs (C(OH)–C–C–N with tert-alkyl or cyclic N) is 1. The van der Waals surface area contributed by atoms with E-state index in [9.17, 15) is 19.6 Å². The summed E-state index contributed by atoms with van der Waals surface area (Å²) in [6.45, 7) is 6.38. The second-order valence-electron chi connectivity index (χ2n) is 10.8. The van der Waals surface area contributed by atoms with Crippen LogP contribution in [0.5, 0.6) is 0 Å². The molecule has 1 N–H and O–H groups in total. The minimum atomic E-state index is -0.386. The molecule has 0 radical (unpaired) electrons. The number of piperazine rings is 1. The van der Waals surface area contributed by atoms with Gasteiger partial charge in [-0.2, -0.15) is 5.26 Å². The van der Waals surface area contributed by atoms with Gasteiger partial charge in [-0.1, -0.05) is 18.3 Å². The highest BCUT2D eigenvalue weighted by Gasteiger charge is 2.31. The predicted molar refractivity (Wildman–Crippen MR) is 162 cm³/mol. The van der Waals surface area contributed by atoms with E-state index in [4.69, 9.17) is 9.97 Å². The summed E-state index contributed by atoms with van der Waals surface area (Å²) >= 11 is 1.31. The van der Waals surface area contributed by atoms with Crippen molar-refractivity contribution in [2.24, 2.45) is 7.05 Å². The molecular weight excluding hydrogens is 555 g/mol. The molecule has 1 amide bonds. The molecule has 42 heavy (non-hydrogen) atoms. The van der Waals surface area contributed by atoms with Crippen molar-refractivity contribution in [3.8, 4) is 17.3 Å². The highest BCUT2D eigenvalue weighted by atomic mass is 32.1. The summed E-state index contributed by atoms with van der Waals surface area (Å²) in [6, 6.07) is 12.4. The number of carbonyl (C=O) groups excluding carboxylic acids is 1. The summed E-state index contributed by atoms with van der Waals surface area (Å²) < 4.78 is 15.7. The normalized spacial score (nSPS) is 16.1. The fraction of sp³-hybridized carbons (Fsp3) is 0.400. The molecule has 6 rings (SSSR count). The molecular formula is C30H33FN8O2S. The van der Waals surface area contributed by atoms with Gasteiger partial charge in [-0.05, 0) is 42.8 Å². The molecule has 3 aromatic heterocycles. The minimum Gasteiger partial charge on any atom is -0.389 e. The molecule has 0 bridgehead atoms. The van der Waals surface area contributed by atoms with E-state index in [-0.39, 0.29) is 17.8 Å². The van der Waals surface area contributed by atoms with Crippen molar-refractivity contribution < 1.29 is 14.3 Å². The van der Waals surface area contributed by atoms with Crippen LogP contribution in [0.4, 0.5) is 21.0 Å². The van der Waals surface area contributed by atoms with Crippen LogP contribution in [0.1, 0.15) is 17.5 Å². The number of likely N-dealkylation sites (tertiary alicyclic amines) is 1. The first-order valence-electron chi connectivity index (χ1n) is 14.1. The number of thiazole rings is 1. The summed E-state index contributed by atoms with van der Waals surface area (Å²) in [7, 11) is 3.99. The van der Waals surface area contributed by atoms with Crippen molar-refractivity contribution in [2.75, 3.05) is 62.7 Å². The Kier molecular flexibility index (Phi) is 7.57. The molecule has 2 aliphatic rings. The Bertz CT molecular complexity index is 1660. The highest BCUT2D eigenvalue weighted by Crippen LogP contribution is 2.40. The smallest absolute Gasteiger partial charge is 0.236 e. The van der Waals surface area contributed by atoms with E-state index in [0.717, 1.165) is 60.8 Å². The molecule has 5 heterocycles. The number of hydrogen-bond donors (Lipinski definition) is 1. The Morgan fingerprint density at radius 2 is 1.86 bits per heavy atom. The van der Waals surface area contributed by atoms with Crippen molar-refractivity contribution in [1.82, 2.24) is 24.3 Å². The lowest BCUT2D eigenvalue weighted by molar-refractivity contribution is -0.142. The number of anilines is 3. The number of aromatic nitrogens is 3. The van der Waals surface area contributed by atoms with Gasteiger partial charge in [0.15, 0.2) is 5.13 Å². The van der Waals surface area contributed by atoms with Crippen LogP contribution in [0.3, 0.4) is 0 Å². The van der Waals surface area contributed by atoms with E-state index in [0.29, 0.717) is 40.9 Å². The Morgan fingerprint density at radius 3 is 2.50 bits per heavy atom. The van der Waals surface area contributed by atoms with Gasteiger partial charge >= 0.3 is 0 Å². The zero-order valence-corrected chi connectivity index (χ0v) is 24.7. The maximum absolute atomic E-state index is 13.5. The number of nitrogens with zero attached hydrogens (tertiary/aromatic N) is 8. The molecule has 218 valence electrons. The molecule has 2 aliphatic heterocycles. The lowest BCUT2D eigenvalue weighted by Gasteiger charge is -2.39. The van der Waals surface area contributed by atoms with E-state index < -0.39 is 0 Å². The van der Waals surface area contributed by atoms with Crippen molar-refractivity contribution in [3.05, 3.63) is 52.8 Å². The van der Waals surface area contributed by atoms with Crippen LogP contribution in [0.2, 0.25) is 0 Å². The monoisotopic (exact) mass is 588 g/mol. The SMILES string of the molecule is CCc1c(N(C)c2nc(-c3ccc(F)cc3)c(C#N)s2)c2nc(N3CCN(CC(=O)N4CC(O)C4)CC3)ccc2n1C. The first-order chi connectivity index (χ1) is 20.3. The second-order valence-corrected chi connectivity index (χ2v) is 11.8. The van der Waals surface area contributed by atoms with Gasteiger partial charge in [0.25, 0.3) is 0 Å². The lowest BCUT2D eigenvalue weighted by atomic mass is 10.1. The standard InChI is InChI=1S/C30H33FN8O2S/c1-4-22-29(36(3)30-34-27(24(15-32)42-30)19-5-7-20(31)8-6-19)28-23(35(22)2)9-10-25(33-28)38-13-11-37(12-14-38)18-26(41)39-16-21(40)17-39/h5-10,21,40H,4,11-14,16-18H2,1-3H3. The third kappa shape index (κ3) is 5.08. The first-order valence-corrected chi connectivity index (χ1v) is 14.9. The third-order valence-electron chi connectivity index (χ3n) is 8.19. The number of hydrogen-bond acceptors (Lipinski definition) is 9. The summed E-state index contributed by atoms with van der Waals surface area (Å²) in [5, 5.41) is 20.0. The van der Waals surface area contributed by atoms with Crippen molar-refractivity contribution in [2.45, 2.75) is 19.4 Å². The van der Waals surface area contributed by atoms with Crippen LogP contribution < -0.4 is 9.80 Å². The number of pyridine rings is 1. The van der Waals surface area contributed by atoms with Crippen LogP contribution >= 0.6 is 11.3 Å². The van der Waals surface area contributed by atoms with E-state index in [2.05, 4.69) is 39.5 Å². The van der Waals surface area contributed by atoms with Gasteiger partial charge in [-0.3, -0.25) is 9.69 Å². The molecule has 0 saturated carbocycles. The Morgan fingerprint density at radius 1 is 1.14 bits per heavy atom. The van der Waals surface area contributed by atoms with E-state index in [1.807, 2.05) is 19.0 Å². The van der Waals surface area contributed by atoms with Gasteiger partial charge in [0.1, 0.15) is 33.8 Å². The molecule has 0 aliphatic carbocycles. The summed E-state index contributed by atoms with van der Waals surface area (Å²) in [4.78, 5) is 31.0. The van der Waals surface area contributed by atoms with E-state index >= 15 is 0 Å². The largest absolute Gasteiger partial charge is 0.389 e. The van der Waals surface area contributed by atoms with Crippen LogP contribution in [-0.4, -0.2) is 94.3 Å². The van der Waals surface area contributed by atoms with Gasteiger partial charge in [-0.15, -0.1) is 0 Å². The van der Waals surface area contributed by atoms with Gasteiger partial charge in [0, 0.05) is 64.6 Å². The first kappa shape index (κ1) is 28.1. The number of fused-ring (bicyclic) bond motifs is 1. The maximum atomic E-state index is 13.5. The highest BCUT2D eigenvalue weighted by molar-refractivity contribution is 7.16. The Labute approximate surface area is 247 Å². The van der Waals surface area contributed by atoms with Gasteiger partial charge in [0.2, 0.25) is 5.91 Å². The van der Waals surface area contributed by atoms with Crippen LogP contribution in [0, 0.1) is 17.1 Å². The zero-order valence-electron chi connectivity index (χ0n) is 23.9. The number of aliphatic hydroxyl groups is 1. The third-order valence-corrected chi connectivity index (χ3v) is 9.22. The maximum Gasteiger partial charge on any atom is 0.236 e. The van der Waals surface area contributed by atoms with Crippen molar-refractivity contribution in [3.63, 3.8) is 0 Å². The predicted octanol–water partition coefficient (Wildman–Crippen LogP) is 3.36. The zero-order chi connectivity index (χ0) is 29.5. The van der Waals surface area contributed by atoms with Crippen LogP contribution in [0.15, 0.2) is 36.4 Å². The second kappa shape index (κ2) is 11.3. The van der Waals surface area contributed by atoms with Crippen LogP contribution in [-0.2, 0) is 18.3 Å². The molecule has 4 aromatic rings. The number of aliphatic hydroxyl groups excluding tert-OH is 1. The molecule has 12 heteroatoms. The van der Waals surface area contributed by atoms with Crippen molar-refractivity contribution >= 4 is 44.9 Å². The Hall–Kier alpha value is -4.05. The minimum absolute atomic E-state index is 0.0710. The lowest BCUT2D eigenvalue weighted by Crippen LogP contribution is -2.57. The molecule has 0 spiro atoms. The number of nitriles is 1. The number of benzene rings is 1. The van der Waals surface area contributed by atoms with Gasteiger partial charge in [0.05, 0.1) is 23.9 Å². The van der Waals surface area contributed by atoms with Crippen LogP contribution in [0.25, 0.3) is 22.3 Å². The quantitative estimate of drug-likeness (QED) is 0.351. The fourth-order valence-corrected chi connectivity index (χ4v) is 6.63. The molecule has 10 nitrogen and oxygen atoms in total. The van der Waals surface area contributed by atoms with E-state index in [1.54, 1.807) is 17.0 Å². The molecule has 0 unspecified atom stereocenters. The average Bonchev–Trinajstić information content (AvgIpc) is 3.54. The number of carbonyl (C=O) groups is 1. The number of aryl methyl sites for hydroxylation is 1. The van der Waals surface area contributed by atoms with Crippen molar-refractivity contribution in [1.29, 1.82) is 5.26 Å². The van der Waals surface area contributed by atoms with Gasteiger partial charge < -0.3 is 24.4 Å². The molecule has 2 saturated heterocycles.